The van der Waals surface area contributed by atoms with Gasteiger partial charge in [0.1, 0.15) is 0 Å². The van der Waals surface area contributed by atoms with Gasteiger partial charge in [-0.3, -0.25) is 0 Å². The van der Waals surface area contributed by atoms with Gasteiger partial charge >= 0.3 is 0 Å². The highest BCUT2D eigenvalue weighted by molar-refractivity contribution is 4.76. The van der Waals surface area contributed by atoms with Crippen LogP contribution >= 0.6 is 0 Å². The van der Waals surface area contributed by atoms with E-state index in [9.17, 15) is 0 Å². The molecule has 1 atom stereocenters. The molecular formula is C11H21O. The smallest absolute Gasteiger partial charge is 0.0575 e. The molecule has 1 aliphatic carbocycles. The Morgan fingerprint density at radius 2 is 2.08 bits per heavy atom. The summed E-state index contributed by atoms with van der Waals surface area (Å²) in [7, 11) is 0. The Hall–Kier alpha value is -0.0400. The molecule has 0 saturated heterocycles. The highest BCUT2D eigenvalue weighted by atomic mass is 16.5. The zero-order valence-electron chi connectivity index (χ0n) is 8.38. The van der Waals surface area contributed by atoms with Crippen LogP contribution in [-0.4, -0.2) is 12.7 Å². The molecule has 1 rings (SSSR count). The minimum absolute atomic E-state index is 0.559. The standard InChI is InChI=1S/C11H21O/c1-3-10(2)9-12-11-7-5-4-6-8-11/h4,10-11H,3,5-9H2,1-2H3. The molecule has 1 heteroatoms. The highest BCUT2D eigenvalue weighted by Crippen LogP contribution is 2.20. The average Bonchev–Trinajstić information content (AvgIpc) is 2.16. The van der Waals surface area contributed by atoms with Crippen molar-refractivity contribution in [3.8, 4) is 0 Å². The van der Waals surface area contributed by atoms with Gasteiger partial charge in [0, 0.05) is 6.61 Å². The monoisotopic (exact) mass is 169 g/mol. The van der Waals surface area contributed by atoms with Gasteiger partial charge in [-0.1, -0.05) is 20.3 Å². The first-order chi connectivity index (χ1) is 5.83. The maximum Gasteiger partial charge on any atom is 0.0575 e. The molecule has 0 heterocycles. The van der Waals surface area contributed by atoms with Crippen LogP contribution in [0.25, 0.3) is 0 Å². The molecule has 1 fully saturated rings. The second kappa shape index (κ2) is 5.58. The number of ether oxygens (including phenoxy) is 1. The van der Waals surface area contributed by atoms with Crippen LogP contribution in [0.15, 0.2) is 0 Å². The van der Waals surface area contributed by atoms with Crippen LogP contribution in [-0.2, 0) is 4.74 Å². The van der Waals surface area contributed by atoms with Crippen molar-refractivity contribution in [2.24, 2.45) is 5.92 Å². The van der Waals surface area contributed by atoms with Crippen molar-refractivity contribution in [1.29, 1.82) is 0 Å². The summed E-state index contributed by atoms with van der Waals surface area (Å²) in [6.45, 7) is 5.44. The van der Waals surface area contributed by atoms with Gasteiger partial charge in [0.2, 0.25) is 0 Å². The molecule has 71 valence electrons. The number of rotatable bonds is 4. The first-order valence-corrected chi connectivity index (χ1v) is 5.26. The summed E-state index contributed by atoms with van der Waals surface area (Å²) < 4.78 is 5.82. The maximum absolute atomic E-state index is 5.82. The van der Waals surface area contributed by atoms with Gasteiger partial charge in [0.25, 0.3) is 0 Å². The summed E-state index contributed by atoms with van der Waals surface area (Å²) in [6, 6.07) is 0. The summed E-state index contributed by atoms with van der Waals surface area (Å²) in [5.41, 5.74) is 0. The van der Waals surface area contributed by atoms with Crippen LogP contribution < -0.4 is 0 Å². The number of hydrogen-bond acceptors (Lipinski definition) is 1. The topological polar surface area (TPSA) is 9.23 Å². The molecule has 0 aromatic carbocycles. The lowest BCUT2D eigenvalue weighted by Crippen LogP contribution is -2.19. The van der Waals surface area contributed by atoms with Gasteiger partial charge in [-0.05, 0) is 38.0 Å². The summed E-state index contributed by atoms with van der Waals surface area (Å²) in [6.07, 6.45) is 9.18. The van der Waals surface area contributed by atoms with Gasteiger partial charge < -0.3 is 4.74 Å². The zero-order chi connectivity index (χ0) is 8.81. The molecule has 1 unspecified atom stereocenters. The Morgan fingerprint density at radius 3 is 2.67 bits per heavy atom. The predicted octanol–water partition coefficient (Wildman–Crippen LogP) is 3.20. The molecule has 1 radical (unpaired) electrons. The van der Waals surface area contributed by atoms with Crippen molar-refractivity contribution in [3.63, 3.8) is 0 Å². The lowest BCUT2D eigenvalue weighted by atomic mass is 9.97. The molecule has 0 aromatic heterocycles. The molecule has 0 amide bonds. The van der Waals surface area contributed by atoms with E-state index in [1.807, 2.05) is 0 Å². The van der Waals surface area contributed by atoms with Gasteiger partial charge in [0.15, 0.2) is 0 Å². The van der Waals surface area contributed by atoms with Gasteiger partial charge in [-0.15, -0.1) is 0 Å². The largest absolute Gasteiger partial charge is 0.378 e. The van der Waals surface area contributed by atoms with Gasteiger partial charge in [-0.25, -0.2) is 0 Å². The van der Waals surface area contributed by atoms with Crippen LogP contribution in [0.4, 0.5) is 0 Å². The van der Waals surface area contributed by atoms with Crippen LogP contribution in [0.1, 0.15) is 46.0 Å². The van der Waals surface area contributed by atoms with Crippen molar-refractivity contribution < 1.29 is 4.74 Å². The van der Waals surface area contributed by atoms with E-state index >= 15 is 0 Å². The van der Waals surface area contributed by atoms with E-state index in [0.29, 0.717) is 6.10 Å². The Labute approximate surface area is 76.5 Å². The molecular weight excluding hydrogens is 148 g/mol. The SMILES string of the molecule is CCC(C)COC1CC[CH]CC1. The van der Waals surface area contributed by atoms with Crippen molar-refractivity contribution in [3.05, 3.63) is 6.42 Å². The average molecular weight is 169 g/mol. The van der Waals surface area contributed by atoms with E-state index in [0.717, 1.165) is 12.5 Å². The quantitative estimate of drug-likeness (QED) is 0.628. The lowest BCUT2D eigenvalue weighted by molar-refractivity contribution is 0.0158. The zero-order valence-corrected chi connectivity index (χ0v) is 8.38. The Balaban J connectivity index is 2.05. The van der Waals surface area contributed by atoms with Crippen LogP contribution in [0, 0.1) is 12.3 Å². The van der Waals surface area contributed by atoms with Crippen LogP contribution in [0.3, 0.4) is 0 Å². The van der Waals surface area contributed by atoms with E-state index < -0.39 is 0 Å². The van der Waals surface area contributed by atoms with Gasteiger partial charge in [0.05, 0.1) is 6.10 Å². The Kier molecular flexibility index (Phi) is 4.67. The first-order valence-electron chi connectivity index (χ1n) is 5.26. The van der Waals surface area contributed by atoms with E-state index in [-0.39, 0.29) is 0 Å². The minimum Gasteiger partial charge on any atom is -0.378 e. The maximum atomic E-state index is 5.82. The molecule has 0 N–H and O–H groups in total. The molecule has 0 aliphatic heterocycles. The Morgan fingerprint density at radius 1 is 1.42 bits per heavy atom. The van der Waals surface area contributed by atoms with E-state index in [4.69, 9.17) is 4.74 Å². The molecule has 0 aromatic rings. The fourth-order valence-corrected chi connectivity index (χ4v) is 1.48. The van der Waals surface area contributed by atoms with Crippen molar-refractivity contribution >= 4 is 0 Å². The minimum atomic E-state index is 0.559. The lowest BCUT2D eigenvalue weighted by Gasteiger charge is -2.23. The molecule has 1 saturated carbocycles. The second-order valence-corrected chi connectivity index (χ2v) is 3.91. The molecule has 12 heavy (non-hydrogen) atoms. The fraction of sp³-hybridized carbons (Fsp3) is 0.909. The van der Waals surface area contributed by atoms with E-state index in [2.05, 4.69) is 20.3 Å². The molecule has 1 aliphatic rings. The molecule has 1 nitrogen and oxygen atoms in total. The molecule has 0 spiro atoms. The van der Waals surface area contributed by atoms with Gasteiger partial charge in [-0.2, -0.15) is 0 Å². The summed E-state index contributed by atoms with van der Waals surface area (Å²) in [5, 5.41) is 0. The summed E-state index contributed by atoms with van der Waals surface area (Å²) in [4.78, 5) is 0. The second-order valence-electron chi connectivity index (χ2n) is 3.91. The van der Waals surface area contributed by atoms with Crippen LogP contribution in [0.2, 0.25) is 0 Å². The Bertz CT molecular complexity index is 106. The highest BCUT2D eigenvalue weighted by Gasteiger charge is 2.14. The first kappa shape index (κ1) is 10.0. The van der Waals surface area contributed by atoms with E-state index in [1.54, 1.807) is 0 Å². The third kappa shape index (κ3) is 3.57. The third-order valence-corrected chi connectivity index (χ3v) is 2.70. The van der Waals surface area contributed by atoms with Crippen LogP contribution in [0.5, 0.6) is 0 Å². The van der Waals surface area contributed by atoms with E-state index in [1.165, 1.54) is 32.1 Å². The van der Waals surface area contributed by atoms with Crippen molar-refractivity contribution in [2.75, 3.05) is 6.61 Å². The summed E-state index contributed by atoms with van der Waals surface area (Å²) >= 11 is 0. The third-order valence-electron chi connectivity index (χ3n) is 2.70. The normalized spacial score (nSPS) is 22.5. The predicted molar refractivity (Wildman–Crippen MR) is 52.0 cm³/mol. The van der Waals surface area contributed by atoms with Crippen molar-refractivity contribution in [1.82, 2.24) is 0 Å². The van der Waals surface area contributed by atoms with Crippen molar-refractivity contribution in [2.45, 2.75) is 52.1 Å². The molecule has 0 bridgehead atoms. The summed E-state index contributed by atoms with van der Waals surface area (Å²) in [5.74, 6) is 0.732. The number of hydrogen-bond donors (Lipinski definition) is 0. The fourth-order valence-electron chi connectivity index (χ4n) is 1.48.